The second-order valence-electron chi connectivity index (χ2n) is 5.32. The normalized spacial score (nSPS) is 23.5. The molecule has 0 heterocycles. The van der Waals surface area contributed by atoms with Crippen LogP contribution in [0.4, 0.5) is 5.69 Å². The molecule has 1 aromatic rings. The first-order valence-electron chi connectivity index (χ1n) is 7.01. The number of sulfonamides is 1. The lowest BCUT2D eigenvalue weighted by molar-refractivity contribution is 0.0909. The second-order valence-corrected chi connectivity index (χ2v) is 6.85. The summed E-state index contributed by atoms with van der Waals surface area (Å²) >= 11 is 0. The van der Waals surface area contributed by atoms with Crippen LogP contribution in [0.2, 0.25) is 0 Å². The van der Waals surface area contributed by atoms with Crippen molar-refractivity contribution in [1.82, 2.24) is 0 Å². The molecule has 1 saturated carbocycles. The minimum Gasteiger partial charge on any atom is -0.488 e. The van der Waals surface area contributed by atoms with Gasteiger partial charge >= 0.3 is 0 Å². The van der Waals surface area contributed by atoms with Crippen LogP contribution in [0.3, 0.4) is 0 Å². The van der Waals surface area contributed by atoms with Crippen LogP contribution < -0.4 is 15.6 Å². The highest BCUT2D eigenvalue weighted by atomic mass is 32.2. The maximum Gasteiger partial charge on any atom is 0.240 e. The molecule has 6 heteroatoms. The molecule has 1 aromatic carbocycles. The number of rotatable bonds is 4. The fourth-order valence-corrected chi connectivity index (χ4v) is 3.51. The highest BCUT2D eigenvalue weighted by Gasteiger charge is 2.26. The molecule has 0 bridgehead atoms. The average molecular weight is 298 g/mol. The van der Waals surface area contributed by atoms with Gasteiger partial charge in [0.1, 0.15) is 16.7 Å². The molecule has 0 spiro atoms. The van der Waals surface area contributed by atoms with Crippen molar-refractivity contribution in [3.8, 4) is 5.75 Å². The molecule has 5 nitrogen and oxygen atoms in total. The third-order valence-corrected chi connectivity index (χ3v) is 4.94. The monoisotopic (exact) mass is 298 g/mol. The first kappa shape index (κ1) is 15.1. The molecule has 0 saturated heterocycles. The third-order valence-electron chi connectivity index (χ3n) is 3.97. The summed E-state index contributed by atoms with van der Waals surface area (Å²) < 4.78 is 28.9. The number of nitrogen functional groups attached to an aromatic ring is 1. The van der Waals surface area contributed by atoms with Gasteiger partial charge in [0.25, 0.3) is 0 Å². The zero-order chi connectivity index (χ0) is 14.8. The molecular formula is C14H22N2O3S. The standard InChI is InChI=1S/C14H22N2O3S/c1-2-10-6-3-4-7-11(10)19-12-8-5-9-13(14(12)15)20(16,17)18/h5,8-11H,2-4,6-7,15H2,1H3,(H2,16,17,18). The van der Waals surface area contributed by atoms with Crippen molar-refractivity contribution in [3.63, 3.8) is 0 Å². The van der Waals surface area contributed by atoms with Crippen molar-refractivity contribution in [1.29, 1.82) is 0 Å². The fraction of sp³-hybridized carbons (Fsp3) is 0.571. The van der Waals surface area contributed by atoms with Crippen molar-refractivity contribution in [2.75, 3.05) is 5.73 Å². The minimum absolute atomic E-state index is 0.0705. The van der Waals surface area contributed by atoms with Crippen LogP contribution in [0, 0.1) is 5.92 Å². The maximum absolute atomic E-state index is 11.5. The van der Waals surface area contributed by atoms with Crippen LogP contribution in [-0.4, -0.2) is 14.5 Å². The Morgan fingerprint density at radius 2 is 2.00 bits per heavy atom. The van der Waals surface area contributed by atoms with Gasteiger partial charge in [0.15, 0.2) is 0 Å². The van der Waals surface area contributed by atoms with E-state index in [1.807, 2.05) is 0 Å². The Morgan fingerprint density at radius 3 is 2.65 bits per heavy atom. The Labute approximate surface area is 120 Å². The summed E-state index contributed by atoms with van der Waals surface area (Å²) in [5, 5.41) is 5.15. The molecule has 0 radical (unpaired) electrons. The molecule has 4 N–H and O–H groups in total. The maximum atomic E-state index is 11.5. The summed E-state index contributed by atoms with van der Waals surface area (Å²) in [6.45, 7) is 2.15. The smallest absolute Gasteiger partial charge is 0.240 e. The Kier molecular flexibility index (Phi) is 4.55. The van der Waals surface area contributed by atoms with Gasteiger partial charge in [-0.25, -0.2) is 13.6 Å². The SMILES string of the molecule is CCC1CCCCC1Oc1cccc(S(N)(=O)=O)c1N. The van der Waals surface area contributed by atoms with E-state index in [0.717, 1.165) is 25.7 Å². The van der Waals surface area contributed by atoms with Gasteiger partial charge in [0, 0.05) is 0 Å². The van der Waals surface area contributed by atoms with Gasteiger partial charge in [-0.1, -0.05) is 19.4 Å². The van der Waals surface area contributed by atoms with E-state index < -0.39 is 10.0 Å². The Morgan fingerprint density at radius 1 is 1.30 bits per heavy atom. The number of hydrogen-bond acceptors (Lipinski definition) is 4. The van der Waals surface area contributed by atoms with Gasteiger partial charge in [-0.05, 0) is 43.7 Å². The van der Waals surface area contributed by atoms with E-state index in [0.29, 0.717) is 11.7 Å². The van der Waals surface area contributed by atoms with Gasteiger partial charge < -0.3 is 10.5 Å². The first-order chi connectivity index (χ1) is 9.43. The summed E-state index contributed by atoms with van der Waals surface area (Å²) in [6, 6.07) is 4.70. The lowest BCUT2D eigenvalue weighted by atomic mass is 9.85. The van der Waals surface area contributed by atoms with Crippen LogP contribution in [0.15, 0.2) is 23.1 Å². The van der Waals surface area contributed by atoms with Crippen LogP contribution in [0.25, 0.3) is 0 Å². The van der Waals surface area contributed by atoms with Gasteiger partial charge in [-0.2, -0.15) is 0 Å². The summed E-state index contributed by atoms with van der Waals surface area (Å²) in [5.74, 6) is 0.920. The number of ether oxygens (including phenoxy) is 1. The second kappa shape index (κ2) is 6.01. The third kappa shape index (κ3) is 3.24. The topological polar surface area (TPSA) is 95.4 Å². The van der Waals surface area contributed by atoms with Crippen molar-refractivity contribution in [2.45, 2.75) is 50.0 Å². The molecule has 1 aliphatic carbocycles. The minimum atomic E-state index is -3.82. The van der Waals surface area contributed by atoms with E-state index >= 15 is 0 Å². The zero-order valence-corrected chi connectivity index (χ0v) is 12.5. The van der Waals surface area contributed by atoms with Crippen molar-refractivity contribution in [2.24, 2.45) is 11.1 Å². The Bertz CT molecular complexity index is 572. The average Bonchev–Trinajstić information content (AvgIpc) is 2.40. The fourth-order valence-electron chi connectivity index (χ4n) is 2.83. The summed E-state index contributed by atoms with van der Waals surface area (Å²) in [4.78, 5) is -0.0705. The molecule has 1 aliphatic rings. The molecule has 2 rings (SSSR count). The van der Waals surface area contributed by atoms with Crippen LogP contribution in [0.1, 0.15) is 39.0 Å². The van der Waals surface area contributed by atoms with Gasteiger partial charge in [0.05, 0.1) is 5.69 Å². The van der Waals surface area contributed by atoms with Crippen LogP contribution in [-0.2, 0) is 10.0 Å². The Balaban J connectivity index is 2.25. The largest absolute Gasteiger partial charge is 0.488 e. The lowest BCUT2D eigenvalue weighted by Gasteiger charge is -2.31. The van der Waals surface area contributed by atoms with E-state index in [1.165, 1.54) is 12.5 Å². The van der Waals surface area contributed by atoms with E-state index in [2.05, 4.69) is 6.92 Å². The zero-order valence-electron chi connectivity index (χ0n) is 11.7. The van der Waals surface area contributed by atoms with Crippen LogP contribution in [0.5, 0.6) is 5.75 Å². The highest BCUT2D eigenvalue weighted by molar-refractivity contribution is 7.89. The molecule has 0 aliphatic heterocycles. The van der Waals surface area contributed by atoms with E-state index in [1.54, 1.807) is 12.1 Å². The molecule has 0 amide bonds. The predicted octanol–water partition coefficient (Wildman–Crippen LogP) is 2.26. The summed E-state index contributed by atoms with van der Waals surface area (Å²) in [6.07, 6.45) is 5.65. The Hall–Kier alpha value is -1.27. The molecule has 20 heavy (non-hydrogen) atoms. The molecule has 112 valence electrons. The quantitative estimate of drug-likeness (QED) is 0.833. The number of primary sulfonamides is 1. The molecule has 2 unspecified atom stereocenters. The molecule has 2 atom stereocenters. The molecular weight excluding hydrogens is 276 g/mol. The van der Waals surface area contributed by atoms with E-state index in [-0.39, 0.29) is 16.7 Å². The molecule has 0 aromatic heterocycles. The lowest BCUT2D eigenvalue weighted by Crippen LogP contribution is -2.30. The van der Waals surface area contributed by atoms with Crippen molar-refractivity contribution in [3.05, 3.63) is 18.2 Å². The van der Waals surface area contributed by atoms with Gasteiger partial charge in [-0.15, -0.1) is 0 Å². The van der Waals surface area contributed by atoms with Gasteiger partial charge in [0.2, 0.25) is 10.0 Å². The number of anilines is 1. The summed E-state index contributed by atoms with van der Waals surface area (Å²) in [5.41, 5.74) is 6.00. The number of nitrogens with two attached hydrogens (primary N) is 2. The van der Waals surface area contributed by atoms with Crippen molar-refractivity contribution < 1.29 is 13.2 Å². The van der Waals surface area contributed by atoms with Crippen LogP contribution >= 0.6 is 0 Å². The van der Waals surface area contributed by atoms with E-state index in [4.69, 9.17) is 15.6 Å². The van der Waals surface area contributed by atoms with E-state index in [9.17, 15) is 8.42 Å². The number of para-hydroxylation sites is 1. The molecule has 1 fully saturated rings. The number of benzene rings is 1. The number of hydrogen-bond donors (Lipinski definition) is 2. The first-order valence-corrected chi connectivity index (χ1v) is 8.56. The predicted molar refractivity (Wildman–Crippen MR) is 78.9 cm³/mol. The summed E-state index contributed by atoms with van der Waals surface area (Å²) in [7, 11) is -3.82. The highest BCUT2D eigenvalue weighted by Crippen LogP contribution is 2.34. The van der Waals surface area contributed by atoms with Gasteiger partial charge in [-0.3, -0.25) is 0 Å². The van der Waals surface area contributed by atoms with Crippen molar-refractivity contribution >= 4 is 15.7 Å².